The van der Waals surface area contributed by atoms with Gasteiger partial charge in [-0.1, -0.05) is 18.4 Å². The van der Waals surface area contributed by atoms with E-state index in [2.05, 4.69) is 69.7 Å². The molecule has 1 atom stereocenters. The molecule has 1 aromatic carbocycles. The first-order valence-corrected chi connectivity index (χ1v) is 22.7. The molecule has 3 aromatic rings. The Bertz CT molecular complexity index is 2080. The number of benzene rings is 1. The number of rotatable bonds is 29. The molecule has 1 saturated heterocycles. The van der Waals surface area contributed by atoms with Crippen LogP contribution in [0.5, 0.6) is 11.8 Å². The Labute approximate surface area is 388 Å². The lowest BCUT2D eigenvalue weighted by Crippen LogP contribution is -2.45. The number of carbonyl (C=O) groups is 5. The minimum atomic E-state index is -0.756. The van der Waals surface area contributed by atoms with Gasteiger partial charge in [-0.15, -0.1) is 6.42 Å². The number of amides is 4. The zero-order valence-electron chi connectivity index (χ0n) is 37.3. The van der Waals surface area contributed by atoms with Gasteiger partial charge in [0.05, 0.1) is 42.0 Å². The number of phenolic OH excluding ortho intramolecular Hbond substituents is 1. The van der Waals surface area contributed by atoms with Gasteiger partial charge in [0.2, 0.25) is 29.6 Å². The predicted molar refractivity (Wildman–Crippen MR) is 247 cm³/mol. The zero-order valence-corrected chi connectivity index (χ0v) is 38.9. The first-order chi connectivity index (χ1) is 31.3. The average Bonchev–Trinajstić information content (AvgIpc) is 3.28. The summed E-state index contributed by atoms with van der Waals surface area (Å²) in [6, 6.07) is 6.99. The van der Waals surface area contributed by atoms with E-state index in [0.29, 0.717) is 86.1 Å². The molecule has 0 radical (unpaired) electrons. The third-order valence-corrected chi connectivity index (χ3v) is 11.1. The molecule has 354 valence electrons. The van der Waals surface area contributed by atoms with E-state index >= 15 is 0 Å². The van der Waals surface area contributed by atoms with Crippen molar-refractivity contribution < 1.29 is 43.3 Å². The first-order valence-electron chi connectivity index (χ1n) is 21.9. The molecule has 3 heterocycles. The van der Waals surface area contributed by atoms with Crippen molar-refractivity contribution in [1.82, 2.24) is 40.8 Å². The number of ketones is 1. The van der Waals surface area contributed by atoms with Crippen molar-refractivity contribution in [3.05, 3.63) is 34.4 Å². The van der Waals surface area contributed by atoms with Crippen molar-refractivity contribution in [3.8, 4) is 24.1 Å². The number of anilines is 2. The number of Topliss-reactive ketones (excluding diaryl/α,β-unsaturated/α-hetero) is 1. The van der Waals surface area contributed by atoms with Gasteiger partial charge in [0.15, 0.2) is 0 Å². The molecule has 4 amide bonds. The monoisotopic (exact) mass is 967 g/mol. The molecule has 20 nitrogen and oxygen atoms in total. The van der Waals surface area contributed by atoms with E-state index in [-0.39, 0.29) is 81.1 Å². The van der Waals surface area contributed by atoms with Crippen molar-refractivity contribution in [2.75, 3.05) is 96.1 Å². The highest BCUT2D eigenvalue weighted by Gasteiger charge is 2.22. The van der Waals surface area contributed by atoms with Gasteiger partial charge < -0.3 is 55.7 Å². The van der Waals surface area contributed by atoms with E-state index in [4.69, 9.17) is 26.4 Å². The van der Waals surface area contributed by atoms with Crippen LogP contribution in [0.15, 0.2) is 28.7 Å². The van der Waals surface area contributed by atoms with E-state index in [1.807, 2.05) is 11.0 Å². The number of piperazine rings is 1. The Morgan fingerprint density at radius 3 is 2.32 bits per heavy atom. The van der Waals surface area contributed by atoms with Crippen molar-refractivity contribution in [3.63, 3.8) is 0 Å². The van der Waals surface area contributed by atoms with Crippen LogP contribution in [0.2, 0.25) is 0 Å². The van der Waals surface area contributed by atoms with Crippen LogP contribution in [0.4, 0.5) is 16.7 Å². The Kier molecular flexibility index (Phi) is 22.4. The standard InChI is InChI=1S/C44H62BrN11O9/c1-4-20-47-37(60)14-6-5-9-21-49-44(62)65-35(33-18-16-31-17-19-34(58)39(45)40(31)50-33)13-10-12-32(57)11-7-8-15-38(61)48-22-27-63-28-29-64-43-52-41(55(3)30-36(46)59)51-42(53-43)56-25-23-54(2)24-26-56/h1,16-19,35,58H,5-15,20-30H2,2-3H3,(H2,46,59)(H,47,60)(H,48,61)(H,49,62). The van der Waals surface area contributed by atoms with Crippen LogP contribution in [-0.2, 0) is 28.7 Å². The lowest BCUT2D eigenvalue weighted by molar-refractivity contribution is -0.122. The molecule has 0 bridgehead atoms. The number of ether oxygens (including phenoxy) is 3. The number of fused-ring (bicyclic) bond motifs is 1. The van der Waals surface area contributed by atoms with Gasteiger partial charge in [-0.2, -0.15) is 15.0 Å². The molecular formula is C44H62BrN11O9. The van der Waals surface area contributed by atoms with Crippen molar-refractivity contribution in [2.45, 2.75) is 76.7 Å². The van der Waals surface area contributed by atoms with Crippen LogP contribution < -0.4 is 36.2 Å². The van der Waals surface area contributed by atoms with Crippen molar-refractivity contribution >= 4 is 68.3 Å². The van der Waals surface area contributed by atoms with E-state index in [0.717, 1.165) is 38.0 Å². The number of aromatic hydroxyl groups is 1. The number of nitrogens with zero attached hydrogens (tertiary/aromatic N) is 7. The van der Waals surface area contributed by atoms with Crippen LogP contribution in [0, 0.1) is 12.3 Å². The minimum Gasteiger partial charge on any atom is -0.507 e. The second-order valence-electron chi connectivity index (χ2n) is 15.6. The fraction of sp³-hybridized carbons (Fsp3) is 0.568. The van der Waals surface area contributed by atoms with Crippen molar-refractivity contribution in [2.24, 2.45) is 5.73 Å². The summed E-state index contributed by atoms with van der Waals surface area (Å²) in [7, 11) is 3.72. The second-order valence-corrected chi connectivity index (χ2v) is 16.4. The van der Waals surface area contributed by atoms with E-state index in [1.165, 1.54) is 4.90 Å². The molecule has 1 aliphatic heterocycles. The highest BCUT2D eigenvalue weighted by atomic mass is 79.9. The van der Waals surface area contributed by atoms with Gasteiger partial charge in [-0.25, -0.2) is 9.78 Å². The van der Waals surface area contributed by atoms with Gasteiger partial charge in [-0.05, 0) is 79.7 Å². The molecule has 4 rings (SSSR count). The number of primary amides is 1. The maximum absolute atomic E-state index is 12.9. The van der Waals surface area contributed by atoms with Gasteiger partial charge in [0.1, 0.15) is 24.2 Å². The second kappa shape index (κ2) is 28.1. The van der Waals surface area contributed by atoms with E-state index in [1.54, 1.807) is 25.2 Å². The number of carbonyl (C=O) groups excluding carboxylic acids is 5. The molecule has 1 unspecified atom stereocenters. The molecular weight excluding hydrogens is 906 g/mol. The molecule has 0 saturated carbocycles. The van der Waals surface area contributed by atoms with Crippen LogP contribution >= 0.6 is 15.9 Å². The van der Waals surface area contributed by atoms with E-state index in [9.17, 15) is 29.1 Å². The predicted octanol–water partition coefficient (Wildman–Crippen LogP) is 3.15. The normalized spacial score (nSPS) is 13.1. The van der Waals surface area contributed by atoms with Crippen LogP contribution in [0.1, 0.15) is 82.4 Å². The number of phenols is 1. The number of halogens is 1. The van der Waals surface area contributed by atoms with Gasteiger partial charge in [0.25, 0.3) is 0 Å². The molecule has 21 heteroatoms. The molecule has 65 heavy (non-hydrogen) atoms. The number of likely N-dealkylation sites (N-methyl/N-ethyl adjacent to an activating group) is 2. The number of hydrogen-bond acceptors (Lipinski definition) is 16. The molecule has 0 aliphatic carbocycles. The Balaban J connectivity index is 1.12. The SMILES string of the molecule is C#CCNC(=O)CCCCCNC(=O)OC(CCCC(=O)CCCCC(=O)NCCOCCOc1nc(N(C)CC(N)=O)nc(N2CCN(C)CC2)n1)c1ccc2ccc(O)c(Br)c2n1. The van der Waals surface area contributed by atoms with Gasteiger partial charge >= 0.3 is 12.1 Å². The zero-order chi connectivity index (χ0) is 47.0. The molecule has 2 aromatic heterocycles. The Hall–Kier alpha value is -5.85. The first kappa shape index (κ1) is 51.8. The largest absolute Gasteiger partial charge is 0.507 e. The number of alkyl carbamates (subject to hydrolysis) is 1. The summed E-state index contributed by atoms with van der Waals surface area (Å²) in [5.74, 6) is 2.38. The molecule has 6 N–H and O–H groups in total. The van der Waals surface area contributed by atoms with E-state index < -0.39 is 18.1 Å². The summed E-state index contributed by atoms with van der Waals surface area (Å²) < 4.78 is 17.6. The number of hydrogen-bond donors (Lipinski definition) is 5. The summed E-state index contributed by atoms with van der Waals surface area (Å²) >= 11 is 3.39. The number of nitrogens with one attached hydrogen (secondary N) is 3. The van der Waals surface area contributed by atoms with Gasteiger partial charge in [-0.3, -0.25) is 19.2 Å². The molecule has 1 fully saturated rings. The third kappa shape index (κ3) is 19.0. The smallest absolute Gasteiger partial charge is 0.407 e. The number of unbranched alkanes of at least 4 members (excludes halogenated alkanes) is 3. The fourth-order valence-electron chi connectivity index (χ4n) is 6.68. The lowest BCUT2D eigenvalue weighted by atomic mass is 10.0. The van der Waals surface area contributed by atoms with Crippen molar-refractivity contribution in [1.29, 1.82) is 0 Å². The quantitative estimate of drug-likeness (QED) is 0.0495. The summed E-state index contributed by atoms with van der Waals surface area (Å²) in [4.78, 5) is 85.1. The maximum atomic E-state index is 12.9. The summed E-state index contributed by atoms with van der Waals surface area (Å²) in [6.45, 7) is 4.59. The highest BCUT2D eigenvalue weighted by molar-refractivity contribution is 9.10. The average molecular weight is 969 g/mol. The number of aromatic nitrogens is 4. The maximum Gasteiger partial charge on any atom is 0.407 e. The van der Waals surface area contributed by atoms with Crippen LogP contribution in [0.25, 0.3) is 10.9 Å². The topological polar surface area (TPSA) is 257 Å². The molecule has 1 aliphatic rings. The molecule has 0 spiro atoms. The fourth-order valence-corrected chi connectivity index (χ4v) is 7.13. The highest BCUT2D eigenvalue weighted by Crippen LogP contribution is 2.33. The number of terminal acetylenes is 1. The summed E-state index contributed by atoms with van der Waals surface area (Å²) in [5, 5.41) is 19.2. The van der Waals surface area contributed by atoms with Crippen LogP contribution in [0.3, 0.4) is 0 Å². The Morgan fingerprint density at radius 2 is 1.57 bits per heavy atom. The third-order valence-electron chi connectivity index (χ3n) is 10.3. The summed E-state index contributed by atoms with van der Waals surface area (Å²) in [6.07, 6.45) is 8.87. The number of pyridine rings is 1. The van der Waals surface area contributed by atoms with Crippen LogP contribution in [-0.4, -0.2) is 146 Å². The van der Waals surface area contributed by atoms with Gasteiger partial charge in [0, 0.05) is 77.4 Å². The lowest BCUT2D eigenvalue weighted by Gasteiger charge is -2.32. The number of nitrogens with two attached hydrogens (primary N) is 1. The Morgan fingerprint density at radius 1 is 0.862 bits per heavy atom. The summed E-state index contributed by atoms with van der Waals surface area (Å²) in [5.41, 5.74) is 6.36. The minimum absolute atomic E-state index is 0.0263.